The maximum Gasteiger partial charge on any atom is 0.416 e. The topological polar surface area (TPSA) is 107 Å². The SMILES string of the molecule is COc1ccc(CN(c2ccncn2)S(=O)(=O)c2ccc(O[C@H]3CC[C@H](c4cc(F)cc(C(F)(F)F)c4)C[C@@H]3N(C)C)nc2Cl)c(OC)c1. The summed E-state index contributed by atoms with van der Waals surface area (Å²) < 4.78 is 101. The van der Waals surface area contributed by atoms with Gasteiger partial charge in [-0.2, -0.15) is 13.2 Å². The number of hydrogen-bond acceptors (Lipinski definition) is 9. The highest BCUT2D eigenvalue weighted by atomic mass is 35.5. The number of benzene rings is 2. The number of anilines is 1. The molecule has 5 rings (SSSR count). The number of methoxy groups -OCH3 is 2. The van der Waals surface area contributed by atoms with Crippen molar-refractivity contribution in [3.63, 3.8) is 0 Å². The summed E-state index contributed by atoms with van der Waals surface area (Å²) in [6, 6.07) is 11.5. The Hall–Kier alpha value is -4.21. The molecule has 10 nitrogen and oxygen atoms in total. The number of sulfonamides is 1. The van der Waals surface area contributed by atoms with Gasteiger partial charge in [-0.05, 0) is 81.2 Å². The highest BCUT2D eigenvalue weighted by Gasteiger charge is 2.37. The van der Waals surface area contributed by atoms with Gasteiger partial charge in [-0.15, -0.1) is 0 Å². The summed E-state index contributed by atoms with van der Waals surface area (Å²) >= 11 is 6.52. The van der Waals surface area contributed by atoms with Gasteiger partial charge in [0.15, 0.2) is 5.15 Å². The second-order valence-electron chi connectivity index (χ2n) is 11.7. The van der Waals surface area contributed by atoms with Gasteiger partial charge in [0, 0.05) is 36.0 Å². The minimum atomic E-state index is -4.67. The van der Waals surface area contributed by atoms with E-state index in [2.05, 4.69) is 15.0 Å². The Balaban J connectivity index is 1.39. The van der Waals surface area contributed by atoms with E-state index in [1.54, 1.807) is 18.2 Å². The zero-order valence-electron chi connectivity index (χ0n) is 27.0. The first-order chi connectivity index (χ1) is 23.2. The fourth-order valence-electron chi connectivity index (χ4n) is 5.91. The number of ether oxygens (including phenoxy) is 3. The molecule has 262 valence electrons. The average molecular weight is 724 g/mol. The maximum absolute atomic E-state index is 14.2. The van der Waals surface area contributed by atoms with Crippen molar-refractivity contribution in [3.05, 3.63) is 94.8 Å². The first-order valence-corrected chi connectivity index (χ1v) is 16.9. The molecule has 49 heavy (non-hydrogen) atoms. The van der Waals surface area contributed by atoms with Gasteiger partial charge in [-0.3, -0.25) is 0 Å². The lowest BCUT2D eigenvalue weighted by atomic mass is 9.79. The Bertz CT molecular complexity index is 1890. The predicted octanol–water partition coefficient (Wildman–Crippen LogP) is 6.74. The minimum Gasteiger partial charge on any atom is -0.497 e. The monoisotopic (exact) mass is 723 g/mol. The predicted molar refractivity (Wildman–Crippen MR) is 174 cm³/mol. The van der Waals surface area contributed by atoms with Crippen LogP contribution in [0.5, 0.6) is 17.4 Å². The van der Waals surface area contributed by atoms with E-state index in [0.29, 0.717) is 42.4 Å². The van der Waals surface area contributed by atoms with Crippen molar-refractivity contribution in [2.45, 2.75) is 54.9 Å². The summed E-state index contributed by atoms with van der Waals surface area (Å²) in [5.41, 5.74) is -0.237. The van der Waals surface area contributed by atoms with E-state index in [-0.39, 0.29) is 45.8 Å². The van der Waals surface area contributed by atoms with E-state index >= 15 is 0 Å². The lowest BCUT2D eigenvalue weighted by Crippen LogP contribution is -2.46. The fourth-order valence-corrected chi connectivity index (χ4v) is 7.75. The first-order valence-electron chi connectivity index (χ1n) is 15.1. The zero-order valence-corrected chi connectivity index (χ0v) is 28.6. The Labute approximate surface area is 286 Å². The van der Waals surface area contributed by atoms with E-state index in [4.69, 9.17) is 25.8 Å². The van der Waals surface area contributed by atoms with Crippen molar-refractivity contribution in [2.24, 2.45) is 0 Å². The van der Waals surface area contributed by atoms with E-state index < -0.39 is 33.7 Å². The summed E-state index contributed by atoms with van der Waals surface area (Å²) in [6.45, 7) is -0.176. The summed E-state index contributed by atoms with van der Waals surface area (Å²) in [7, 11) is 2.22. The molecule has 0 aliphatic heterocycles. The summed E-state index contributed by atoms with van der Waals surface area (Å²) in [5.74, 6) is -0.227. The molecule has 0 bridgehead atoms. The molecule has 1 saturated carbocycles. The molecule has 2 aromatic heterocycles. The summed E-state index contributed by atoms with van der Waals surface area (Å²) in [5, 5.41) is -0.340. The summed E-state index contributed by atoms with van der Waals surface area (Å²) in [6.07, 6.45) is -1.27. The van der Waals surface area contributed by atoms with Crippen molar-refractivity contribution in [1.29, 1.82) is 0 Å². The third-order valence-corrected chi connectivity index (χ3v) is 10.6. The highest BCUT2D eigenvalue weighted by Crippen LogP contribution is 2.40. The molecular formula is C33H34ClF4N5O5S. The van der Waals surface area contributed by atoms with Crippen LogP contribution >= 0.6 is 11.6 Å². The van der Waals surface area contributed by atoms with E-state index in [1.165, 1.54) is 44.9 Å². The van der Waals surface area contributed by atoms with Crippen LogP contribution in [-0.2, 0) is 22.7 Å². The van der Waals surface area contributed by atoms with Gasteiger partial charge >= 0.3 is 6.18 Å². The van der Waals surface area contributed by atoms with E-state index in [0.717, 1.165) is 16.4 Å². The second kappa shape index (κ2) is 14.7. The number of alkyl halides is 3. The van der Waals surface area contributed by atoms with Crippen LogP contribution in [-0.4, -0.2) is 68.7 Å². The molecule has 0 unspecified atom stereocenters. The molecule has 4 aromatic rings. The molecule has 1 aliphatic carbocycles. The number of rotatable bonds is 11. The quantitative estimate of drug-likeness (QED) is 0.123. The summed E-state index contributed by atoms with van der Waals surface area (Å²) in [4.78, 5) is 13.9. The van der Waals surface area contributed by atoms with Gasteiger partial charge in [0.2, 0.25) is 5.88 Å². The molecule has 0 N–H and O–H groups in total. The Kier molecular flexibility index (Phi) is 10.8. The lowest BCUT2D eigenvalue weighted by Gasteiger charge is -2.39. The average Bonchev–Trinajstić information content (AvgIpc) is 3.06. The van der Waals surface area contributed by atoms with Gasteiger partial charge in [-0.25, -0.2) is 32.1 Å². The number of hydrogen-bond donors (Lipinski definition) is 0. The number of pyridine rings is 1. The number of halogens is 5. The molecule has 0 radical (unpaired) electrons. The van der Waals surface area contributed by atoms with Crippen LogP contribution in [0.15, 0.2) is 72.0 Å². The van der Waals surface area contributed by atoms with Gasteiger partial charge in [0.25, 0.3) is 10.0 Å². The molecule has 3 atom stereocenters. The van der Waals surface area contributed by atoms with Crippen LogP contribution < -0.4 is 18.5 Å². The molecule has 2 aromatic carbocycles. The van der Waals surface area contributed by atoms with Crippen LogP contribution in [0.1, 0.15) is 41.9 Å². The Morgan fingerprint density at radius 3 is 2.41 bits per heavy atom. The van der Waals surface area contributed by atoms with Crippen molar-refractivity contribution in [2.75, 3.05) is 32.6 Å². The standard InChI is InChI=1S/C33H34ClF4N5O5S/c1-42(2)26-15-20(22-13-23(33(36,37)38)16-24(35)14-22)6-8-27(26)48-31-10-9-29(32(34)41-31)49(44,45)43(30-11-12-39-19-40-30)18-21-5-7-25(46-3)17-28(21)47-4/h5,7,9-14,16-17,19-20,26-27H,6,8,15,18H2,1-4H3/t20-,26-,27-/m0/s1. The smallest absolute Gasteiger partial charge is 0.416 e. The fraction of sp³-hybridized carbons (Fsp3) is 0.364. The molecule has 2 heterocycles. The Morgan fingerprint density at radius 2 is 1.78 bits per heavy atom. The molecule has 0 spiro atoms. The number of aromatic nitrogens is 3. The van der Waals surface area contributed by atoms with Crippen LogP contribution in [0.3, 0.4) is 0 Å². The van der Waals surface area contributed by atoms with Crippen molar-refractivity contribution in [3.8, 4) is 17.4 Å². The molecular weight excluding hydrogens is 690 g/mol. The molecule has 1 fully saturated rings. The van der Waals surface area contributed by atoms with Crippen LogP contribution in [0.2, 0.25) is 5.15 Å². The Morgan fingerprint density at radius 1 is 1.00 bits per heavy atom. The molecule has 1 aliphatic rings. The normalized spacial score (nSPS) is 18.3. The lowest BCUT2D eigenvalue weighted by molar-refractivity contribution is -0.137. The first kappa shape index (κ1) is 36.1. The van der Waals surface area contributed by atoms with Gasteiger partial charge in [-0.1, -0.05) is 11.6 Å². The van der Waals surface area contributed by atoms with E-state index in [9.17, 15) is 26.0 Å². The maximum atomic E-state index is 14.2. The minimum absolute atomic E-state index is 0.0646. The van der Waals surface area contributed by atoms with Gasteiger partial charge < -0.3 is 19.1 Å². The van der Waals surface area contributed by atoms with Crippen molar-refractivity contribution < 1.29 is 40.2 Å². The van der Waals surface area contributed by atoms with Crippen molar-refractivity contribution in [1.82, 2.24) is 19.9 Å². The van der Waals surface area contributed by atoms with Gasteiger partial charge in [0.1, 0.15) is 40.5 Å². The van der Waals surface area contributed by atoms with Crippen LogP contribution in [0.25, 0.3) is 0 Å². The van der Waals surface area contributed by atoms with Crippen LogP contribution in [0, 0.1) is 5.82 Å². The third kappa shape index (κ3) is 8.16. The number of likely N-dealkylation sites (N-methyl/N-ethyl adjacent to an activating group) is 1. The molecule has 0 saturated heterocycles. The second-order valence-corrected chi connectivity index (χ2v) is 13.9. The van der Waals surface area contributed by atoms with Crippen molar-refractivity contribution >= 4 is 27.4 Å². The van der Waals surface area contributed by atoms with E-state index in [1.807, 2.05) is 19.0 Å². The molecule has 16 heteroatoms. The molecule has 0 amide bonds. The van der Waals surface area contributed by atoms with Gasteiger partial charge in [0.05, 0.1) is 26.3 Å². The number of nitrogens with zero attached hydrogens (tertiary/aromatic N) is 5. The largest absolute Gasteiger partial charge is 0.497 e. The highest BCUT2D eigenvalue weighted by molar-refractivity contribution is 7.92. The third-order valence-electron chi connectivity index (χ3n) is 8.40. The zero-order chi connectivity index (χ0) is 35.5. The van der Waals surface area contributed by atoms with Crippen LogP contribution in [0.4, 0.5) is 23.4 Å².